The number of rotatable bonds is 11. The van der Waals surface area contributed by atoms with Crippen LogP contribution in [-0.2, 0) is 16.1 Å². The zero-order valence-corrected chi connectivity index (χ0v) is 22.7. The summed E-state index contributed by atoms with van der Waals surface area (Å²) in [6.07, 6.45) is 2.10. The molecular formula is C32H37N3O4. The molecule has 204 valence electrons. The Morgan fingerprint density at radius 1 is 0.949 bits per heavy atom. The number of ether oxygens (including phenoxy) is 1. The van der Waals surface area contributed by atoms with Gasteiger partial charge in [0.2, 0.25) is 11.8 Å². The number of imide groups is 1. The molecule has 0 aliphatic carbocycles. The van der Waals surface area contributed by atoms with E-state index in [2.05, 4.69) is 0 Å². The van der Waals surface area contributed by atoms with Gasteiger partial charge in [-0.3, -0.25) is 24.2 Å². The van der Waals surface area contributed by atoms with Crippen LogP contribution in [0, 0.1) is 5.92 Å². The highest BCUT2D eigenvalue weighted by atomic mass is 16.5. The van der Waals surface area contributed by atoms with Gasteiger partial charge in [0.15, 0.2) is 5.78 Å². The summed E-state index contributed by atoms with van der Waals surface area (Å²) in [4.78, 5) is 43.6. The highest BCUT2D eigenvalue weighted by molar-refractivity contribution is 6.01. The fraction of sp³-hybridized carbons (Fsp3) is 0.344. The van der Waals surface area contributed by atoms with Gasteiger partial charge >= 0.3 is 0 Å². The number of Topliss-reactive ketones (excluding diaryl/α,β-unsaturated/α-hetero) is 1. The molecular weight excluding hydrogens is 490 g/mol. The van der Waals surface area contributed by atoms with Crippen molar-refractivity contribution < 1.29 is 19.1 Å². The van der Waals surface area contributed by atoms with Gasteiger partial charge in [0.05, 0.1) is 25.2 Å². The zero-order valence-electron chi connectivity index (χ0n) is 22.7. The first-order valence-electron chi connectivity index (χ1n) is 13.6. The molecule has 39 heavy (non-hydrogen) atoms. The van der Waals surface area contributed by atoms with E-state index in [0.29, 0.717) is 24.3 Å². The SMILES string of the molecule is CC[C@H](C)[C@H](N)C(=O)N(Cc1ccccc1)C(=O)[C@@H]1CCCN1CC(=O)c1ccc(Oc2ccccc2)cc1. The van der Waals surface area contributed by atoms with Crippen LogP contribution in [0.2, 0.25) is 0 Å². The predicted octanol–water partition coefficient (Wildman–Crippen LogP) is 5.05. The van der Waals surface area contributed by atoms with Gasteiger partial charge in [-0.15, -0.1) is 0 Å². The molecule has 2 N–H and O–H groups in total. The van der Waals surface area contributed by atoms with Gasteiger partial charge < -0.3 is 10.5 Å². The first kappa shape index (κ1) is 28.2. The van der Waals surface area contributed by atoms with Gasteiger partial charge in [-0.2, -0.15) is 0 Å². The summed E-state index contributed by atoms with van der Waals surface area (Å²) in [7, 11) is 0. The van der Waals surface area contributed by atoms with Gasteiger partial charge in [0, 0.05) is 5.56 Å². The molecule has 3 atom stereocenters. The number of ketones is 1. The molecule has 7 nitrogen and oxygen atoms in total. The molecule has 2 amide bonds. The van der Waals surface area contributed by atoms with Crippen molar-refractivity contribution in [3.63, 3.8) is 0 Å². The van der Waals surface area contributed by atoms with Crippen LogP contribution in [0.5, 0.6) is 11.5 Å². The van der Waals surface area contributed by atoms with E-state index in [4.69, 9.17) is 10.5 Å². The van der Waals surface area contributed by atoms with Crippen LogP contribution < -0.4 is 10.5 Å². The van der Waals surface area contributed by atoms with Crippen LogP contribution in [0.3, 0.4) is 0 Å². The van der Waals surface area contributed by atoms with Crippen molar-refractivity contribution in [3.8, 4) is 11.5 Å². The third-order valence-corrected chi connectivity index (χ3v) is 7.41. The number of nitrogens with zero attached hydrogens (tertiary/aromatic N) is 2. The maximum atomic E-state index is 13.8. The molecule has 0 spiro atoms. The second kappa shape index (κ2) is 13.3. The average Bonchev–Trinajstić information content (AvgIpc) is 3.43. The zero-order chi connectivity index (χ0) is 27.8. The molecule has 0 bridgehead atoms. The Labute approximate surface area is 230 Å². The molecule has 3 aromatic carbocycles. The number of para-hydroxylation sites is 1. The number of hydrogen-bond donors (Lipinski definition) is 1. The lowest BCUT2D eigenvalue weighted by atomic mass is 9.98. The van der Waals surface area contributed by atoms with Crippen LogP contribution in [0.1, 0.15) is 49.0 Å². The molecule has 7 heteroatoms. The van der Waals surface area contributed by atoms with Crippen LogP contribution in [0.25, 0.3) is 0 Å². The Balaban J connectivity index is 1.46. The van der Waals surface area contributed by atoms with Crippen LogP contribution in [0.15, 0.2) is 84.9 Å². The maximum absolute atomic E-state index is 13.8. The smallest absolute Gasteiger partial charge is 0.246 e. The van der Waals surface area contributed by atoms with Gasteiger partial charge in [-0.05, 0) is 67.3 Å². The van der Waals surface area contributed by atoms with E-state index >= 15 is 0 Å². The Morgan fingerprint density at radius 2 is 1.56 bits per heavy atom. The van der Waals surface area contributed by atoms with E-state index in [1.54, 1.807) is 24.3 Å². The number of carbonyl (C=O) groups excluding carboxylic acids is 3. The molecule has 1 saturated heterocycles. The van der Waals surface area contributed by atoms with Crippen molar-refractivity contribution in [2.24, 2.45) is 11.7 Å². The molecule has 0 radical (unpaired) electrons. The first-order valence-corrected chi connectivity index (χ1v) is 13.6. The number of likely N-dealkylation sites (tertiary alicyclic amines) is 1. The van der Waals surface area contributed by atoms with E-state index < -0.39 is 12.1 Å². The summed E-state index contributed by atoms with van der Waals surface area (Å²) in [6.45, 7) is 4.77. The van der Waals surface area contributed by atoms with E-state index in [-0.39, 0.29) is 36.6 Å². The monoisotopic (exact) mass is 527 g/mol. The minimum Gasteiger partial charge on any atom is -0.457 e. The molecule has 1 fully saturated rings. The van der Waals surface area contributed by atoms with E-state index in [1.165, 1.54) is 4.90 Å². The van der Waals surface area contributed by atoms with E-state index in [9.17, 15) is 14.4 Å². The van der Waals surface area contributed by atoms with E-state index in [1.807, 2.05) is 79.4 Å². The topological polar surface area (TPSA) is 92.9 Å². The molecule has 0 unspecified atom stereocenters. The number of amides is 2. The van der Waals surface area contributed by atoms with Crippen molar-refractivity contribution in [2.75, 3.05) is 13.1 Å². The second-order valence-electron chi connectivity index (χ2n) is 10.2. The van der Waals surface area contributed by atoms with Crippen molar-refractivity contribution in [3.05, 3.63) is 96.1 Å². The normalized spacial score (nSPS) is 16.8. The summed E-state index contributed by atoms with van der Waals surface area (Å²) in [6, 6.07) is 24.6. The van der Waals surface area contributed by atoms with Crippen molar-refractivity contribution in [2.45, 2.75) is 51.7 Å². The molecule has 4 rings (SSSR count). The molecule has 1 aliphatic heterocycles. The summed E-state index contributed by atoms with van der Waals surface area (Å²) in [5.41, 5.74) is 7.69. The summed E-state index contributed by atoms with van der Waals surface area (Å²) in [5.74, 6) is 0.555. The van der Waals surface area contributed by atoms with Crippen LogP contribution in [0.4, 0.5) is 0 Å². The van der Waals surface area contributed by atoms with Gasteiger partial charge in [0.25, 0.3) is 0 Å². The van der Waals surface area contributed by atoms with Gasteiger partial charge in [-0.1, -0.05) is 68.8 Å². The molecule has 1 aliphatic rings. The minimum atomic E-state index is -0.768. The summed E-state index contributed by atoms with van der Waals surface area (Å²) in [5, 5.41) is 0. The quantitative estimate of drug-likeness (QED) is 0.351. The Kier molecular flexibility index (Phi) is 9.63. The van der Waals surface area contributed by atoms with Crippen LogP contribution >= 0.6 is 0 Å². The average molecular weight is 528 g/mol. The van der Waals surface area contributed by atoms with Crippen molar-refractivity contribution in [1.29, 1.82) is 0 Å². The molecule has 0 saturated carbocycles. The highest BCUT2D eigenvalue weighted by Crippen LogP contribution is 2.24. The summed E-state index contributed by atoms with van der Waals surface area (Å²) < 4.78 is 5.82. The van der Waals surface area contributed by atoms with Gasteiger partial charge in [0.1, 0.15) is 11.5 Å². The minimum absolute atomic E-state index is 0.0568. The Morgan fingerprint density at radius 3 is 2.21 bits per heavy atom. The lowest BCUT2D eigenvalue weighted by Crippen LogP contribution is -2.54. The van der Waals surface area contributed by atoms with Crippen LogP contribution in [-0.4, -0.2) is 52.6 Å². The number of carbonyl (C=O) groups is 3. The summed E-state index contributed by atoms with van der Waals surface area (Å²) >= 11 is 0. The number of benzene rings is 3. The first-order chi connectivity index (χ1) is 18.9. The standard InChI is InChI=1S/C32H37N3O4/c1-3-23(2)30(33)32(38)35(21-24-11-6-4-7-12-24)31(37)28-15-10-20-34(28)22-29(36)25-16-18-27(19-17-25)39-26-13-8-5-9-14-26/h4-9,11-14,16-19,23,28,30H,3,10,15,20-22,33H2,1-2H3/t23-,28-,30-/m0/s1. The Hall–Kier alpha value is -3.81. The molecule has 1 heterocycles. The lowest BCUT2D eigenvalue weighted by Gasteiger charge is -2.31. The molecule has 0 aromatic heterocycles. The van der Waals surface area contributed by atoms with Crippen molar-refractivity contribution >= 4 is 17.6 Å². The Bertz CT molecular complexity index is 1250. The highest BCUT2D eigenvalue weighted by Gasteiger charge is 2.38. The lowest BCUT2D eigenvalue weighted by molar-refractivity contribution is -0.149. The molecule has 3 aromatic rings. The number of hydrogen-bond acceptors (Lipinski definition) is 6. The number of nitrogens with two attached hydrogens (primary N) is 1. The third kappa shape index (κ3) is 7.19. The fourth-order valence-corrected chi connectivity index (χ4v) is 4.79. The fourth-order valence-electron chi connectivity index (χ4n) is 4.79. The largest absolute Gasteiger partial charge is 0.457 e. The van der Waals surface area contributed by atoms with E-state index in [0.717, 1.165) is 24.2 Å². The van der Waals surface area contributed by atoms with Crippen molar-refractivity contribution in [1.82, 2.24) is 9.80 Å². The predicted molar refractivity (Wildman–Crippen MR) is 151 cm³/mol. The van der Waals surface area contributed by atoms with Gasteiger partial charge in [-0.25, -0.2) is 0 Å². The maximum Gasteiger partial charge on any atom is 0.246 e. The third-order valence-electron chi connectivity index (χ3n) is 7.41. The second-order valence-corrected chi connectivity index (χ2v) is 10.2.